The van der Waals surface area contributed by atoms with E-state index in [4.69, 9.17) is 14.0 Å². The lowest BCUT2D eigenvalue weighted by atomic mass is 9.65. The van der Waals surface area contributed by atoms with E-state index in [9.17, 15) is 9.18 Å². The summed E-state index contributed by atoms with van der Waals surface area (Å²) >= 11 is 0. The van der Waals surface area contributed by atoms with Gasteiger partial charge in [0.1, 0.15) is 17.8 Å². The van der Waals surface area contributed by atoms with Crippen molar-refractivity contribution in [1.82, 2.24) is 0 Å². The van der Waals surface area contributed by atoms with Crippen LogP contribution in [0.5, 0.6) is 0 Å². The van der Waals surface area contributed by atoms with Crippen molar-refractivity contribution in [2.24, 2.45) is 5.41 Å². The van der Waals surface area contributed by atoms with E-state index in [1.165, 1.54) is 0 Å². The maximum Gasteiger partial charge on any atom is 0.490 e. The van der Waals surface area contributed by atoms with Crippen molar-refractivity contribution in [3.63, 3.8) is 0 Å². The number of halogens is 1. The molecule has 1 aliphatic heterocycles. The molecule has 4 nitrogen and oxygen atoms in total. The van der Waals surface area contributed by atoms with Gasteiger partial charge in [-0.15, -0.1) is 0 Å². The molecule has 1 saturated heterocycles. The maximum absolute atomic E-state index is 14.4. The number of hydrogen-bond donors (Lipinski definition) is 0. The second kappa shape index (κ2) is 7.49. The summed E-state index contributed by atoms with van der Waals surface area (Å²) in [6.45, 7) is 11.5. The van der Waals surface area contributed by atoms with E-state index in [0.29, 0.717) is 6.42 Å². The predicted octanol–water partition coefficient (Wildman–Crippen LogP) is 4.94. The van der Waals surface area contributed by atoms with Crippen molar-refractivity contribution in [1.29, 1.82) is 0 Å². The summed E-state index contributed by atoms with van der Waals surface area (Å²) in [6.07, 6.45) is 2.81. The minimum Gasteiger partial charge on any atom is -0.460 e. The Bertz CT molecular complexity index is 771. The molecule has 6 heteroatoms. The van der Waals surface area contributed by atoms with Gasteiger partial charge in [0.2, 0.25) is 0 Å². The van der Waals surface area contributed by atoms with Crippen LogP contribution in [0.25, 0.3) is 0 Å². The molecule has 0 saturated carbocycles. The van der Waals surface area contributed by atoms with Crippen LogP contribution in [0.15, 0.2) is 54.3 Å². The summed E-state index contributed by atoms with van der Waals surface area (Å²) in [5.74, 6) is -1.23. The average molecular weight is 386 g/mol. The van der Waals surface area contributed by atoms with E-state index < -0.39 is 35.5 Å². The van der Waals surface area contributed by atoms with Crippen molar-refractivity contribution < 1.29 is 23.2 Å². The summed E-state index contributed by atoms with van der Waals surface area (Å²) in [5.41, 5.74) is -0.426. The van der Waals surface area contributed by atoms with Crippen LogP contribution in [0.1, 0.15) is 52.5 Å². The molecule has 0 unspecified atom stereocenters. The quantitative estimate of drug-likeness (QED) is 0.531. The third-order valence-electron chi connectivity index (χ3n) is 6.23. The molecule has 0 amide bonds. The van der Waals surface area contributed by atoms with Crippen LogP contribution in [0.3, 0.4) is 0 Å². The molecule has 0 spiro atoms. The van der Waals surface area contributed by atoms with Gasteiger partial charge in [0, 0.05) is 0 Å². The predicted molar refractivity (Wildman–Crippen MR) is 107 cm³/mol. The number of esters is 1. The fourth-order valence-electron chi connectivity index (χ4n) is 3.48. The third-order valence-corrected chi connectivity index (χ3v) is 6.23. The van der Waals surface area contributed by atoms with E-state index in [1.54, 1.807) is 0 Å². The molecule has 1 aromatic carbocycles. The number of benzene rings is 1. The zero-order chi connectivity index (χ0) is 20.6. The third kappa shape index (κ3) is 3.80. The molecule has 1 aromatic rings. The molecule has 0 radical (unpaired) electrons. The first-order chi connectivity index (χ1) is 13.1. The van der Waals surface area contributed by atoms with Crippen LogP contribution in [0, 0.1) is 5.41 Å². The van der Waals surface area contributed by atoms with E-state index in [0.717, 1.165) is 11.0 Å². The Balaban J connectivity index is 1.70. The normalized spacial score (nSPS) is 25.9. The molecular weight excluding hydrogens is 358 g/mol. The molecule has 0 aromatic heterocycles. The van der Waals surface area contributed by atoms with Crippen molar-refractivity contribution in [3.05, 3.63) is 59.8 Å². The van der Waals surface area contributed by atoms with E-state index >= 15 is 0 Å². The lowest BCUT2D eigenvalue weighted by molar-refractivity contribution is -0.156. The molecule has 0 bridgehead atoms. The maximum atomic E-state index is 14.4. The monoisotopic (exact) mass is 386 g/mol. The molecule has 150 valence electrons. The Kier molecular flexibility index (Phi) is 5.56. The molecule has 1 fully saturated rings. The lowest BCUT2D eigenvalue weighted by Crippen LogP contribution is -2.41. The summed E-state index contributed by atoms with van der Waals surface area (Å²) in [4.78, 5) is 12.8. The van der Waals surface area contributed by atoms with Crippen LogP contribution in [-0.4, -0.2) is 24.3 Å². The van der Waals surface area contributed by atoms with Crippen LogP contribution >= 0.6 is 0 Å². The van der Waals surface area contributed by atoms with E-state index in [-0.39, 0.29) is 19.4 Å². The minimum absolute atomic E-state index is 0.114. The van der Waals surface area contributed by atoms with Gasteiger partial charge < -0.3 is 14.0 Å². The Morgan fingerprint density at radius 1 is 1.18 bits per heavy atom. The topological polar surface area (TPSA) is 44.8 Å². The number of hydrogen-bond acceptors (Lipinski definition) is 4. The first kappa shape index (κ1) is 20.8. The van der Waals surface area contributed by atoms with Gasteiger partial charge in [-0.2, -0.15) is 0 Å². The van der Waals surface area contributed by atoms with Gasteiger partial charge >= 0.3 is 13.1 Å². The molecule has 2 aliphatic rings. The van der Waals surface area contributed by atoms with Crippen LogP contribution in [0.4, 0.5) is 4.39 Å². The van der Waals surface area contributed by atoms with Gasteiger partial charge in [-0.25, -0.2) is 4.39 Å². The van der Waals surface area contributed by atoms with Crippen molar-refractivity contribution in [3.8, 4) is 0 Å². The smallest absolute Gasteiger partial charge is 0.460 e. The zero-order valence-corrected chi connectivity index (χ0v) is 17.1. The molecule has 1 aliphatic carbocycles. The number of carbonyl (C=O) groups is 1. The summed E-state index contributed by atoms with van der Waals surface area (Å²) in [5, 5.41) is 0. The van der Waals surface area contributed by atoms with Gasteiger partial charge in [0.05, 0.1) is 11.2 Å². The summed E-state index contributed by atoms with van der Waals surface area (Å²) in [7, 11) is -0.476. The van der Waals surface area contributed by atoms with Crippen molar-refractivity contribution >= 4 is 13.1 Å². The van der Waals surface area contributed by atoms with E-state index in [2.05, 4.69) is 6.58 Å². The number of rotatable bonds is 5. The number of carbonyl (C=O) groups excluding carboxylic acids is 1. The average Bonchev–Trinajstić information content (AvgIpc) is 2.88. The Labute approximate surface area is 166 Å². The summed E-state index contributed by atoms with van der Waals surface area (Å²) < 4.78 is 32.0. The van der Waals surface area contributed by atoms with Gasteiger partial charge in [-0.3, -0.25) is 4.79 Å². The van der Waals surface area contributed by atoms with Crippen molar-refractivity contribution in [2.75, 3.05) is 0 Å². The lowest BCUT2D eigenvalue weighted by Gasteiger charge is -2.33. The Morgan fingerprint density at radius 2 is 1.79 bits per heavy atom. The van der Waals surface area contributed by atoms with Gasteiger partial charge in [-0.1, -0.05) is 43.0 Å². The summed E-state index contributed by atoms with van der Waals surface area (Å²) in [6, 6.07) is 9.35. The SMILES string of the molecule is C=C(F)[C@]1(C(=O)OCc2ccccc2)CC=C(B2OC(C)(C)C(C)(C)O2)CC1. The largest absolute Gasteiger partial charge is 0.490 e. The van der Waals surface area contributed by atoms with E-state index in [1.807, 2.05) is 64.1 Å². The number of ether oxygens (including phenoxy) is 1. The molecule has 3 rings (SSSR count). The molecular formula is C22H28BFO4. The standard InChI is InChI=1S/C22H28BFO4/c1-16(24)22(19(25)26-15-17-9-7-6-8-10-17)13-11-18(12-14-22)23-27-20(2,3)21(4,5)28-23/h6-11H,1,12-15H2,2-5H3/t22-/m0/s1. The molecule has 1 heterocycles. The first-order valence-corrected chi connectivity index (χ1v) is 9.68. The second-order valence-corrected chi connectivity index (χ2v) is 8.62. The highest BCUT2D eigenvalue weighted by molar-refractivity contribution is 6.54. The number of allylic oxidation sites excluding steroid dienone is 2. The fourth-order valence-corrected chi connectivity index (χ4v) is 3.48. The highest BCUT2D eigenvalue weighted by Crippen LogP contribution is 2.46. The Hall–Kier alpha value is -1.92. The first-order valence-electron chi connectivity index (χ1n) is 9.68. The zero-order valence-electron chi connectivity index (χ0n) is 17.1. The van der Waals surface area contributed by atoms with Gasteiger partial charge in [0.15, 0.2) is 0 Å². The molecule has 28 heavy (non-hydrogen) atoms. The van der Waals surface area contributed by atoms with Crippen molar-refractivity contribution in [2.45, 2.75) is 64.8 Å². The van der Waals surface area contributed by atoms with Crippen LogP contribution < -0.4 is 0 Å². The van der Waals surface area contributed by atoms with Gasteiger partial charge in [0.25, 0.3) is 0 Å². The Morgan fingerprint density at radius 3 is 2.29 bits per heavy atom. The van der Waals surface area contributed by atoms with Gasteiger partial charge in [-0.05, 0) is 58.0 Å². The minimum atomic E-state index is -1.35. The molecule has 0 N–H and O–H groups in total. The molecule has 1 atom stereocenters. The van der Waals surface area contributed by atoms with Crippen LogP contribution in [0.2, 0.25) is 0 Å². The highest BCUT2D eigenvalue weighted by atomic mass is 19.1. The highest BCUT2D eigenvalue weighted by Gasteiger charge is 2.54. The second-order valence-electron chi connectivity index (χ2n) is 8.62. The van der Waals surface area contributed by atoms with Crippen LogP contribution in [-0.2, 0) is 25.4 Å². The fraction of sp³-hybridized carbons (Fsp3) is 0.500.